The number of aromatic nitrogens is 1. The SMILES string of the molecule is O=C(NCc1coc(-c2ccccc2)n1)c1cc2c(s1)CCOC21CCNCC1. The number of carbonyl (C=O) groups is 1. The molecule has 1 amide bonds. The van der Waals surface area contributed by atoms with E-state index in [4.69, 9.17) is 9.15 Å². The summed E-state index contributed by atoms with van der Waals surface area (Å²) in [4.78, 5) is 19.3. The number of piperidine rings is 1. The first-order valence-corrected chi connectivity index (χ1v) is 10.8. The number of carbonyl (C=O) groups excluding carboxylic acids is 1. The topological polar surface area (TPSA) is 76.4 Å². The van der Waals surface area contributed by atoms with Crippen LogP contribution in [0.5, 0.6) is 0 Å². The summed E-state index contributed by atoms with van der Waals surface area (Å²) in [5, 5.41) is 6.37. The maximum atomic E-state index is 12.8. The molecule has 1 fully saturated rings. The molecule has 0 radical (unpaired) electrons. The molecular formula is C22H23N3O3S. The molecule has 7 heteroatoms. The fourth-order valence-electron chi connectivity index (χ4n) is 4.13. The first-order chi connectivity index (χ1) is 14.2. The number of fused-ring (bicyclic) bond motifs is 2. The maximum Gasteiger partial charge on any atom is 0.261 e. The van der Waals surface area contributed by atoms with Crippen molar-refractivity contribution in [3.8, 4) is 11.5 Å². The van der Waals surface area contributed by atoms with Crippen molar-refractivity contribution in [1.82, 2.24) is 15.6 Å². The van der Waals surface area contributed by atoms with Crippen molar-refractivity contribution in [2.24, 2.45) is 0 Å². The number of benzene rings is 1. The molecule has 0 atom stereocenters. The summed E-state index contributed by atoms with van der Waals surface area (Å²) in [5.74, 6) is 0.490. The smallest absolute Gasteiger partial charge is 0.261 e. The van der Waals surface area contributed by atoms with E-state index in [1.807, 2.05) is 36.4 Å². The quantitative estimate of drug-likeness (QED) is 0.690. The van der Waals surface area contributed by atoms with E-state index >= 15 is 0 Å². The van der Waals surface area contributed by atoms with Gasteiger partial charge in [0.1, 0.15) is 6.26 Å². The molecule has 2 aliphatic rings. The molecular weight excluding hydrogens is 386 g/mol. The fourth-order valence-corrected chi connectivity index (χ4v) is 5.28. The Morgan fingerprint density at radius 3 is 2.90 bits per heavy atom. The average molecular weight is 410 g/mol. The minimum absolute atomic E-state index is 0.0715. The van der Waals surface area contributed by atoms with Gasteiger partial charge in [0.25, 0.3) is 5.91 Å². The molecule has 1 aromatic carbocycles. The van der Waals surface area contributed by atoms with Crippen LogP contribution in [0.1, 0.15) is 38.6 Å². The van der Waals surface area contributed by atoms with Crippen LogP contribution < -0.4 is 10.6 Å². The second-order valence-electron chi connectivity index (χ2n) is 7.48. The van der Waals surface area contributed by atoms with Crippen molar-refractivity contribution < 1.29 is 13.9 Å². The Kier molecular flexibility index (Phi) is 4.95. The zero-order valence-corrected chi connectivity index (χ0v) is 16.9. The molecule has 0 aliphatic carbocycles. The van der Waals surface area contributed by atoms with Gasteiger partial charge in [-0.05, 0) is 49.7 Å². The Balaban J connectivity index is 1.28. The minimum Gasteiger partial charge on any atom is -0.444 e. The fraction of sp³-hybridized carbons (Fsp3) is 0.364. The van der Waals surface area contributed by atoms with E-state index in [2.05, 4.69) is 15.6 Å². The molecule has 0 unspecified atom stereocenters. The first kappa shape index (κ1) is 18.5. The summed E-state index contributed by atoms with van der Waals surface area (Å²) in [5.41, 5.74) is 2.62. The zero-order chi connectivity index (χ0) is 19.7. The molecule has 2 N–H and O–H groups in total. The molecule has 2 aliphatic heterocycles. The summed E-state index contributed by atoms with van der Waals surface area (Å²) in [6.45, 7) is 2.97. The highest BCUT2D eigenvalue weighted by molar-refractivity contribution is 7.14. The van der Waals surface area contributed by atoms with Crippen LogP contribution in [0.3, 0.4) is 0 Å². The van der Waals surface area contributed by atoms with Crippen LogP contribution in [-0.2, 0) is 23.3 Å². The van der Waals surface area contributed by atoms with Gasteiger partial charge in [0.05, 0.1) is 29.3 Å². The van der Waals surface area contributed by atoms with E-state index in [1.165, 1.54) is 10.4 Å². The molecule has 1 spiro atoms. The number of oxazole rings is 1. The highest BCUT2D eigenvalue weighted by Crippen LogP contribution is 2.43. The minimum atomic E-state index is -0.218. The Morgan fingerprint density at radius 2 is 2.07 bits per heavy atom. The summed E-state index contributed by atoms with van der Waals surface area (Å²) in [6.07, 6.45) is 4.39. The van der Waals surface area contributed by atoms with Crippen LogP contribution in [0.15, 0.2) is 47.1 Å². The Hall–Kier alpha value is -2.48. The van der Waals surface area contributed by atoms with Crippen LogP contribution in [0, 0.1) is 0 Å². The molecule has 29 heavy (non-hydrogen) atoms. The average Bonchev–Trinajstić information content (AvgIpc) is 3.42. The third-order valence-electron chi connectivity index (χ3n) is 5.64. The highest BCUT2D eigenvalue weighted by atomic mass is 32.1. The number of ether oxygens (including phenoxy) is 1. The Labute approximate surface area is 173 Å². The monoisotopic (exact) mass is 409 g/mol. The van der Waals surface area contributed by atoms with Crippen molar-refractivity contribution in [2.45, 2.75) is 31.4 Å². The molecule has 1 saturated heterocycles. The van der Waals surface area contributed by atoms with Crippen LogP contribution in [0.4, 0.5) is 0 Å². The molecule has 150 valence electrons. The van der Waals surface area contributed by atoms with E-state index in [-0.39, 0.29) is 11.5 Å². The van der Waals surface area contributed by atoms with E-state index in [0.717, 1.165) is 49.4 Å². The van der Waals surface area contributed by atoms with Crippen LogP contribution in [0.25, 0.3) is 11.5 Å². The zero-order valence-electron chi connectivity index (χ0n) is 16.1. The van der Waals surface area contributed by atoms with Crippen LogP contribution in [0.2, 0.25) is 0 Å². The van der Waals surface area contributed by atoms with Gasteiger partial charge in [0.2, 0.25) is 5.89 Å². The van der Waals surface area contributed by atoms with Gasteiger partial charge in [0, 0.05) is 16.9 Å². The van der Waals surface area contributed by atoms with Gasteiger partial charge in [-0.1, -0.05) is 18.2 Å². The second-order valence-corrected chi connectivity index (χ2v) is 8.62. The molecule has 0 saturated carbocycles. The number of thiophene rings is 1. The van der Waals surface area contributed by atoms with Crippen molar-refractivity contribution in [3.63, 3.8) is 0 Å². The predicted octanol–water partition coefficient (Wildman–Crippen LogP) is 3.48. The number of nitrogens with zero attached hydrogens (tertiary/aromatic N) is 1. The van der Waals surface area contributed by atoms with Crippen molar-refractivity contribution in [1.29, 1.82) is 0 Å². The largest absolute Gasteiger partial charge is 0.444 e. The lowest BCUT2D eigenvalue weighted by Gasteiger charge is -2.40. The molecule has 6 nitrogen and oxygen atoms in total. The number of hydrogen-bond acceptors (Lipinski definition) is 6. The lowest BCUT2D eigenvalue weighted by atomic mass is 9.83. The third-order valence-corrected chi connectivity index (χ3v) is 6.84. The van der Waals surface area contributed by atoms with E-state index in [9.17, 15) is 4.79 Å². The van der Waals surface area contributed by atoms with E-state index in [0.29, 0.717) is 18.1 Å². The summed E-state index contributed by atoms with van der Waals surface area (Å²) < 4.78 is 11.8. The number of rotatable bonds is 4. The molecule has 2 aromatic heterocycles. The van der Waals surface area contributed by atoms with E-state index < -0.39 is 0 Å². The number of amides is 1. The maximum absolute atomic E-state index is 12.8. The van der Waals surface area contributed by atoms with Gasteiger partial charge in [0.15, 0.2) is 0 Å². The molecule has 4 heterocycles. The van der Waals surface area contributed by atoms with Gasteiger partial charge in [-0.25, -0.2) is 4.98 Å². The summed E-state index contributed by atoms with van der Waals surface area (Å²) in [6, 6.07) is 11.8. The molecule has 5 rings (SSSR count). The second kappa shape index (κ2) is 7.74. The highest BCUT2D eigenvalue weighted by Gasteiger charge is 2.40. The standard InChI is InChI=1S/C22H23N3O3S/c26-20(24-13-16-14-27-21(25-16)15-4-2-1-3-5-15)19-12-17-18(29-19)6-11-28-22(17)7-9-23-10-8-22/h1-5,12,14,23H,6-11,13H2,(H,24,26). The van der Waals surface area contributed by atoms with Gasteiger partial charge < -0.3 is 19.8 Å². The summed E-state index contributed by atoms with van der Waals surface area (Å²) in [7, 11) is 0. The number of nitrogens with one attached hydrogen (secondary N) is 2. The third kappa shape index (κ3) is 3.61. The van der Waals surface area contributed by atoms with Crippen molar-refractivity contribution in [2.75, 3.05) is 19.7 Å². The Bertz CT molecular complexity index is 1010. The molecule has 3 aromatic rings. The van der Waals surface area contributed by atoms with E-state index in [1.54, 1.807) is 17.6 Å². The summed E-state index contributed by atoms with van der Waals surface area (Å²) >= 11 is 1.59. The van der Waals surface area contributed by atoms with Gasteiger partial charge in [-0.3, -0.25) is 4.79 Å². The van der Waals surface area contributed by atoms with Gasteiger partial charge in [-0.2, -0.15) is 0 Å². The lowest BCUT2D eigenvalue weighted by molar-refractivity contribution is -0.0792. The normalized spacial score (nSPS) is 17.8. The number of hydrogen-bond donors (Lipinski definition) is 2. The predicted molar refractivity (Wildman–Crippen MR) is 111 cm³/mol. The van der Waals surface area contributed by atoms with Gasteiger partial charge in [-0.15, -0.1) is 11.3 Å². The van der Waals surface area contributed by atoms with Crippen molar-refractivity contribution >= 4 is 17.2 Å². The lowest BCUT2D eigenvalue weighted by Crippen LogP contribution is -2.44. The van der Waals surface area contributed by atoms with Crippen molar-refractivity contribution in [3.05, 3.63) is 63.7 Å². The van der Waals surface area contributed by atoms with Crippen LogP contribution >= 0.6 is 11.3 Å². The Morgan fingerprint density at radius 1 is 1.24 bits per heavy atom. The van der Waals surface area contributed by atoms with Gasteiger partial charge >= 0.3 is 0 Å². The molecule has 0 bridgehead atoms. The first-order valence-electron chi connectivity index (χ1n) is 9.99. The van der Waals surface area contributed by atoms with Crippen LogP contribution in [-0.4, -0.2) is 30.6 Å².